The molecule has 0 fully saturated rings. The van der Waals surface area contributed by atoms with Crippen LogP contribution in [0.25, 0.3) is 0 Å². The normalized spacial score (nSPS) is 12.8. The quantitative estimate of drug-likeness (QED) is 0.241. The molecule has 3 aromatic rings. The van der Waals surface area contributed by atoms with Crippen LogP contribution in [0.1, 0.15) is 70.1 Å². The Bertz CT molecular complexity index is 1470. The molecule has 3 rings (SSSR count). The molecule has 43 heavy (non-hydrogen) atoms. The largest absolute Gasteiger partial charge is 0.497 e. The summed E-state index contributed by atoms with van der Waals surface area (Å²) in [6.07, 6.45) is 1.09. The van der Waals surface area contributed by atoms with Gasteiger partial charge in [-0.15, -0.1) is 0 Å². The van der Waals surface area contributed by atoms with Crippen LogP contribution < -0.4 is 14.4 Å². The smallest absolute Gasteiger partial charge is 0.264 e. The summed E-state index contributed by atoms with van der Waals surface area (Å²) in [5.74, 6) is 0.112. The maximum absolute atomic E-state index is 14.3. The molecule has 0 saturated heterocycles. The highest BCUT2D eigenvalue weighted by molar-refractivity contribution is 7.92. The molecule has 0 heterocycles. The Hall–Kier alpha value is -3.85. The molecule has 0 spiro atoms. The molecule has 0 unspecified atom stereocenters. The highest BCUT2D eigenvalue weighted by Gasteiger charge is 2.34. The van der Waals surface area contributed by atoms with Crippen LogP contribution in [0, 0.1) is 6.92 Å². The Morgan fingerprint density at radius 1 is 0.907 bits per heavy atom. The van der Waals surface area contributed by atoms with Crippen LogP contribution in [-0.2, 0) is 26.2 Å². The minimum absolute atomic E-state index is 0.0757. The molecule has 8 nitrogen and oxygen atoms in total. The summed E-state index contributed by atoms with van der Waals surface area (Å²) in [6, 6.07) is 20.2. The van der Waals surface area contributed by atoms with Crippen molar-refractivity contribution in [2.45, 2.75) is 83.8 Å². The number of nitrogens with zero attached hydrogens (tertiary/aromatic N) is 2. The van der Waals surface area contributed by atoms with Crippen LogP contribution in [0.15, 0.2) is 77.7 Å². The van der Waals surface area contributed by atoms with Crippen molar-refractivity contribution in [2.75, 3.05) is 18.0 Å². The van der Waals surface area contributed by atoms with Crippen molar-refractivity contribution in [1.82, 2.24) is 10.2 Å². The number of methoxy groups -OCH3 is 1. The summed E-state index contributed by atoms with van der Waals surface area (Å²) in [6.45, 7) is 11.4. The van der Waals surface area contributed by atoms with Gasteiger partial charge in [0.15, 0.2) is 0 Å². The standard InChI is InChI=1S/C34H45N3O5S/c1-8-26(6)35-34(39)32(9-2)36(22-27-11-10-12-30(21-27)42-7)33(38)23-37(29-17-15-28(16-18-29)24(3)4)43(40,41)31-19-13-25(5)14-20-31/h10-21,24,26,32H,8-9,22-23H2,1-7H3,(H,35,39)/t26-,32-/m1/s1. The lowest BCUT2D eigenvalue weighted by atomic mass is 10.0. The number of rotatable bonds is 14. The fourth-order valence-electron chi connectivity index (χ4n) is 4.72. The van der Waals surface area contributed by atoms with Crippen molar-refractivity contribution in [3.63, 3.8) is 0 Å². The van der Waals surface area contributed by atoms with Gasteiger partial charge in [0.1, 0.15) is 18.3 Å². The van der Waals surface area contributed by atoms with E-state index in [4.69, 9.17) is 4.74 Å². The molecule has 232 valence electrons. The van der Waals surface area contributed by atoms with Crippen molar-refractivity contribution in [1.29, 1.82) is 0 Å². The van der Waals surface area contributed by atoms with Crippen molar-refractivity contribution in [2.24, 2.45) is 0 Å². The Morgan fingerprint density at radius 3 is 2.12 bits per heavy atom. The first-order valence-electron chi connectivity index (χ1n) is 14.8. The fraction of sp³-hybridized carbons (Fsp3) is 0.412. The molecule has 0 aromatic heterocycles. The summed E-state index contributed by atoms with van der Waals surface area (Å²) in [7, 11) is -2.56. The Labute approximate surface area is 257 Å². The molecule has 1 N–H and O–H groups in total. The second-order valence-electron chi connectivity index (χ2n) is 11.2. The van der Waals surface area contributed by atoms with Crippen LogP contribution >= 0.6 is 0 Å². The number of hydrogen-bond acceptors (Lipinski definition) is 5. The van der Waals surface area contributed by atoms with Crippen LogP contribution in [0.4, 0.5) is 5.69 Å². The van der Waals surface area contributed by atoms with Crippen molar-refractivity contribution < 1.29 is 22.7 Å². The molecular weight excluding hydrogens is 562 g/mol. The van der Waals surface area contributed by atoms with Gasteiger partial charge >= 0.3 is 0 Å². The van der Waals surface area contributed by atoms with Gasteiger partial charge in [-0.05, 0) is 80.1 Å². The summed E-state index contributed by atoms with van der Waals surface area (Å²) in [5.41, 5.74) is 3.11. The number of carbonyl (C=O) groups excluding carboxylic acids is 2. The van der Waals surface area contributed by atoms with Crippen LogP contribution in [0.3, 0.4) is 0 Å². The molecule has 0 saturated carbocycles. The number of aryl methyl sites for hydroxylation is 1. The van der Waals surface area contributed by atoms with E-state index in [9.17, 15) is 18.0 Å². The van der Waals surface area contributed by atoms with Crippen LogP contribution in [0.5, 0.6) is 5.75 Å². The van der Waals surface area contributed by atoms with Crippen molar-refractivity contribution in [3.8, 4) is 5.75 Å². The van der Waals surface area contributed by atoms with E-state index in [1.54, 1.807) is 49.6 Å². The lowest BCUT2D eigenvalue weighted by Crippen LogP contribution is -2.53. The molecule has 2 amide bonds. The van der Waals surface area contributed by atoms with E-state index in [-0.39, 0.29) is 29.3 Å². The zero-order valence-electron chi connectivity index (χ0n) is 26.3. The SMILES string of the molecule is CC[C@@H](C)NC(=O)[C@@H](CC)N(Cc1cccc(OC)c1)C(=O)CN(c1ccc(C(C)C)cc1)S(=O)(=O)c1ccc(C)cc1. The first kappa shape index (κ1) is 33.6. The second kappa shape index (κ2) is 15.0. The highest BCUT2D eigenvalue weighted by Crippen LogP contribution is 2.27. The minimum Gasteiger partial charge on any atom is -0.497 e. The number of benzene rings is 3. The van der Waals surface area contributed by atoms with Gasteiger partial charge in [-0.25, -0.2) is 8.42 Å². The van der Waals surface area contributed by atoms with Crippen molar-refractivity contribution >= 4 is 27.5 Å². The van der Waals surface area contributed by atoms with Gasteiger partial charge in [0.25, 0.3) is 10.0 Å². The lowest BCUT2D eigenvalue weighted by Gasteiger charge is -2.34. The number of ether oxygens (including phenoxy) is 1. The first-order chi connectivity index (χ1) is 20.4. The third kappa shape index (κ3) is 8.60. The average Bonchev–Trinajstić information content (AvgIpc) is 2.99. The first-order valence-corrected chi connectivity index (χ1v) is 16.3. The van der Waals surface area contributed by atoms with E-state index >= 15 is 0 Å². The Balaban J connectivity index is 2.08. The molecular formula is C34H45N3O5S. The fourth-order valence-corrected chi connectivity index (χ4v) is 6.13. The molecule has 2 atom stereocenters. The highest BCUT2D eigenvalue weighted by atomic mass is 32.2. The zero-order valence-corrected chi connectivity index (χ0v) is 27.1. The molecule has 0 aliphatic heterocycles. The number of carbonyl (C=O) groups is 2. The van der Waals surface area contributed by atoms with Crippen molar-refractivity contribution in [3.05, 3.63) is 89.5 Å². The van der Waals surface area contributed by atoms with Gasteiger partial charge in [-0.1, -0.05) is 69.7 Å². The van der Waals surface area contributed by atoms with Crippen LogP contribution in [-0.4, -0.2) is 50.9 Å². The van der Waals surface area contributed by atoms with Gasteiger partial charge in [0.2, 0.25) is 11.8 Å². The topological polar surface area (TPSA) is 96.0 Å². The van der Waals surface area contributed by atoms with E-state index in [0.717, 1.165) is 27.4 Å². The zero-order chi connectivity index (χ0) is 31.7. The van der Waals surface area contributed by atoms with Gasteiger partial charge in [-0.2, -0.15) is 0 Å². The maximum Gasteiger partial charge on any atom is 0.264 e. The average molecular weight is 608 g/mol. The third-order valence-corrected chi connectivity index (χ3v) is 9.40. The number of sulfonamides is 1. The molecule has 0 bridgehead atoms. The number of nitrogens with one attached hydrogen (secondary N) is 1. The number of amides is 2. The van der Waals surface area contributed by atoms with E-state index in [1.807, 2.05) is 58.0 Å². The predicted octanol–water partition coefficient (Wildman–Crippen LogP) is 6.04. The second-order valence-corrected chi connectivity index (χ2v) is 13.0. The summed E-state index contributed by atoms with van der Waals surface area (Å²) < 4.78 is 34.7. The maximum atomic E-state index is 14.3. The van der Waals surface area contributed by atoms with Gasteiger partial charge in [0, 0.05) is 12.6 Å². The number of anilines is 1. The molecule has 9 heteroatoms. The molecule has 0 aliphatic rings. The monoisotopic (exact) mass is 607 g/mol. The van der Waals surface area contributed by atoms with E-state index in [0.29, 0.717) is 17.9 Å². The molecule has 0 aliphatic carbocycles. The van der Waals surface area contributed by atoms with Gasteiger partial charge in [-0.3, -0.25) is 13.9 Å². The van der Waals surface area contributed by atoms with Gasteiger partial charge in [0.05, 0.1) is 17.7 Å². The lowest BCUT2D eigenvalue weighted by molar-refractivity contribution is -0.140. The summed E-state index contributed by atoms with van der Waals surface area (Å²) >= 11 is 0. The van der Waals surface area contributed by atoms with E-state index < -0.39 is 28.5 Å². The Kier molecular flexibility index (Phi) is 11.8. The predicted molar refractivity (Wildman–Crippen MR) is 172 cm³/mol. The Morgan fingerprint density at radius 2 is 1.56 bits per heavy atom. The summed E-state index contributed by atoms with van der Waals surface area (Å²) in [5, 5.41) is 3.00. The molecule has 0 radical (unpaired) electrons. The molecule has 3 aromatic carbocycles. The van der Waals surface area contributed by atoms with Crippen LogP contribution in [0.2, 0.25) is 0 Å². The third-order valence-electron chi connectivity index (χ3n) is 7.61. The minimum atomic E-state index is -4.13. The van der Waals surface area contributed by atoms with E-state index in [2.05, 4.69) is 19.2 Å². The summed E-state index contributed by atoms with van der Waals surface area (Å²) in [4.78, 5) is 29.3. The van der Waals surface area contributed by atoms with Gasteiger partial charge < -0.3 is 15.0 Å². The number of hydrogen-bond donors (Lipinski definition) is 1. The van der Waals surface area contributed by atoms with E-state index in [1.165, 1.54) is 4.90 Å².